The van der Waals surface area contributed by atoms with Crippen molar-refractivity contribution in [2.45, 2.75) is 18.9 Å². The van der Waals surface area contributed by atoms with Crippen molar-refractivity contribution >= 4 is 17.4 Å². The monoisotopic (exact) mass is 312 g/mol. The van der Waals surface area contributed by atoms with Crippen LogP contribution in [0.25, 0.3) is 5.65 Å². The third-order valence-corrected chi connectivity index (χ3v) is 3.80. The van der Waals surface area contributed by atoms with Gasteiger partial charge in [0, 0.05) is 12.3 Å². The van der Waals surface area contributed by atoms with Crippen molar-refractivity contribution in [3.8, 4) is 5.75 Å². The molecule has 3 heterocycles. The number of amides is 1. The summed E-state index contributed by atoms with van der Waals surface area (Å²) in [6, 6.07) is 7.95. The fraction of sp³-hybridized carbons (Fsp3) is 0.188. The Hall–Kier alpha value is -2.96. The van der Waals surface area contributed by atoms with Crippen molar-refractivity contribution < 1.29 is 13.9 Å². The van der Waals surface area contributed by atoms with E-state index in [0.717, 1.165) is 5.56 Å². The summed E-state index contributed by atoms with van der Waals surface area (Å²) in [4.78, 5) is 16.6. The van der Waals surface area contributed by atoms with E-state index >= 15 is 0 Å². The molecule has 6 nitrogen and oxygen atoms in total. The predicted molar refractivity (Wildman–Crippen MR) is 80.8 cm³/mol. The van der Waals surface area contributed by atoms with Gasteiger partial charge in [-0.3, -0.25) is 4.79 Å². The molecule has 0 saturated heterocycles. The van der Waals surface area contributed by atoms with Crippen molar-refractivity contribution in [3.05, 3.63) is 54.1 Å². The maximum absolute atomic E-state index is 13.3. The molecule has 0 fully saturated rings. The summed E-state index contributed by atoms with van der Waals surface area (Å²) in [5, 5.41) is 6.90. The van der Waals surface area contributed by atoms with Crippen LogP contribution < -0.4 is 10.1 Å². The van der Waals surface area contributed by atoms with Gasteiger partial charge in [0.05, 0.1) is 6.20 Å². The second kappa shape index (κ2) is 5.35. The van der Waals surface area contributed by atoms with E-state index in [4.69, 9.17) is 4.74 Å². The first-order valence-corrected chi connectivity index (χ1v) is 7.25. The van der Waals surface area contributed by atoms with Gasteiger partial charge in [0.2, 0.25) is 0 Å². The van der Waals surface area contributed by atoms with E-state index in [0.29, 0.717) is 30.1 Å². The minimum Gasteiger partial charge on any atom is -0.480 e. The molecule has 0 saturated carbocycles. The fourth-order valence-electron chi connectivity index (χ4n) is 2.65. The van der Waals surface area contributed by atoms with Crippen molar-refractivity contribution in [1.82, 2.24) is 14.6 Å². The van der Waals surface area contributed by atoms with Gasteiger partial charge in [-0.05, 0) is 36.6 Å². The molecule has 1 unspecified atom stereocenters. The summed E-state index contributed by atoms with van der Waals surface area (Å²) in [5.74, 6) is 0.218. The minimum absolute atomic E-state index is 0.299. The van der Waals surface area contributed by atoms with Crippen molar-refractivity contribution in [2.75, 3.05) is 5.32 Å². The number of rotatable bonds is 2. The van der Waals surface area contributed by atoms with Crippen LogP contribution in [0.2, 0.25) is 0 Å². The normalized spacial score (nSPS) is 16.7. The average Bonchev–Trinajstić information content (AvgIpc) is 2.97. The number of anilines is 1. The van der Waals surface area contributed by atoms with Gasteiger partial charge in [-0.25, -0.2) is 9.37 Å². The Balaban J connectivity index is 1.54. The maximum atomic E-state index is 13.3. The maximum Gasteiger partial charge on any atom is 0.266 e. The molecule has 23 heavy (non-hydrogen) atoms. The lowest BCUT2D eigenvalue weighted by Gasteiger charge is -2.25. The van der Waals surface area contributed by atoms with Crippen LogP contribution in [0.4, 0.5) is 10.2 Å². The quantitative estimate of drug-likeness (QED) is 0.787. The number of halogens is 1. The Morgan fingerprint density at radius 3 is 3.22 bits per heavy atom. The van der Waals surface area contributed by atoms with E-state index in [-0.39, 0.29) is 11.7 Å². The molecule has 0 radical (unpaired) electrons. The van der Waals surface area contributed by atoms with Gasteiger partial charge in [-0.15, -0.1) is 0 Å². The Kier molecular flexibility index (Phi) is 3.18. The molecule has 1 N–H and O–H groups in total. The lowest BCUT2D eigenvalue weighted by Crippen LogP contribution is -2.36. The minimum atomic E-state index is -0.668. The zero-order chi connectivity index (χ0) is 15.8. The van der Waals surface area contributed by atoms with E-state index < -0.39 is 6.10 Å². The first kappa shape index (κ1) is 13.7. The van der Waals surface area contributed by atoms with Crippen LogP contribution in [0.15, 0.2) is 42.7 Å². The van der Waals surface area contributed by atoms with Crippen LogP contribution in [-0.2, 0) is 11.2 Å². The number of carbonyl (C=O) groups excluding carboxylic acids is 1. The van der Waals surface area contributed by atoms with Gasteiger partial charge < -0.3 is 10.1 Å². The third-order valence-electron chi connectivity index (χ3n) is 3.80. The van der Waals surface area contributed by atoms with E-state index in [1.165, 1.54) is 22.8 Å². The van der Waals surface area contributed by atoms with Gasteiger partial charge in [0.15, 0.2) is 17.6 Å². The van der Waals surface area contributed by atoms with Crippen LogP contribution in [0.1, 0.15) is 12.0 Å². The highest BCUT2D eigenvalue weighted by molar-refractivity contribution is 5.94. The number of hydrogen-bond acceptors (Lipinski definition) is 4. The Labute approximate surface area is 130 Å². The molecule has 1 amide bonds. The van der Waals surface area contributed by atoms with E-state index in [1.54, 1.807) is 24.4 Å². The summed E-state index contributed by atoms with van der Waals surface area (Å²) in [6.07, 6.45) is 3.68. The molecule has 0 bridgehead atoms. The van der Waals surface area contributed by atoms with Gasteiger partial charge in [0.25, 0.3) is 5.91 Å². The smallest absolute Gasteiger partial charge is 0.266 e. The number of benzene rings is 1. The average molecular weight is 312 g/mol. The first-order chi connectivity index (χ1) is 11.2. The van der Waals surface area contributed by atoms with Gasteiger partial charge >= 0.3 is 0 Å². The predicted octanol–water partition coefficient (Wildman–Crippen LogP) is 2.20. The highest BCUT2D eigenvalue weighted by atomic mass is 19.1. The highest BCUT2D eigenvalue weighted by Crippen LogP contribution is 2.28. The molecule has 0 spiro atoms. The van der Waals surface area contributed by atoms with Crippen LogP contribution in [-0.4, -0.2) is 26.6 Å². The number of ether oxygens (including phenoxy) is 1. The van der Waals surface area contributed by atoms with Crippen LogP contribution in [0, 0.1) is 5.82 Å². The molecule has 4 rings (SSSR count). The number of carbonyl (C=O) groups is 1. The highest BCUT2D eigenvalue weighted by Gasteiger charge is 2.27. The molecular weight excluding hydrogens is 299 g/mol. The number of aromatic nitrogens is 3. The first-order valence-electron chi connectivity index (χ1n) is 7.25. The number of fused-ring (bicyclic) bond motifs is 2. The molecule has 0 aliphatic carbocycles. The molecule has 1 aliphatic rings. The van der Waals surface area contributed by atoms with Gasteiger partial charge in [-0.2, -0.15) is 9.61 Å². The number of imidazole rings is 1. The number of nitrogens with zero attached hydrogens (tertiary/aromatic N) is 3. The van der Waals surface area contributed by atoms with Gasteiger partial charge in [-0.1, -0.05) is 6.07 Å². The summed E-state index contributed by atoms with van der Waals surface area (Å²) in [7, 11) is 0. The number of hydrogen-bond donors (Lipinski definition) is 1. The molecule has 1 aliphatic heterocycles. The Morgan fingerprint density at radius 2 is 2.30 bits per heavy atom. The lowest BCUT2D eigenvalue weighted by atomic mass is 10.0. The standard InChI is InChI=1S/C16H13FN4O2/c17-11-5-3-10-4-6-12(23-13(10)8-11)16(22)20-15-9-18-14-2-1-7-19-21(14)15/h1-3,5,7-9,12H,4,6H2,(H,20,22). The van der Waals surface area contributed by atoms with Crippen molar-refractivity contribution in [1.29, 1.82) is 0 Å². The van der Waals surface area contributed by atoms with Crippen molar-refractivity contribution in [3.63, 3.8) is 0 Å². The summed E-state index contributed by atoms with van der Waals surface area (Å²) in [6.45, 7) is 0. The molecular formula is C16H13FN4O2. The van der Waals surface area contributed by atoms with Gasteiger partial charge in [0.1, 0.15) is 11.6 Å². The summed E-state index contributed by atoms with van der Waals surface area (Å²) in [5.41, 5.74) is 1.55. The number of aryl methyl sites for hydroxylation is 1. The van der Waals surface area contributed by atoms with Crippen LogP contribution in [0.3, 0.4) is 0 Å². The summed E-state index contributed by atoms with van der Waals surface area (Å²) < 4.78 is 20.5. The van der Waals surface area contributed by atoms with E-state index in [1.807, 2.05) is 0 Å². The third kappa shape index (κ3) is 2.50. The molecule has 116 valence electrons. The van der Waals surface area contributed by atoms with Crippen LogP contribution in [0.5, 0.6) is 5.75 Å². The fourth-order valence-corrected chi connectivity index (χ4v) is 2.65. The molecule has 2 aromatic heterocycles. The topological polar surface area (TPSA) is 68.5 Å². The van der Waals surface area contributed by atoms with Crippen molar-refractivity contribution in [2.24, 2.45) is 0 Å². The zero-order valence-corrected chi connectivity index (χ0v) is 12.1. The molecule has 1 aromatic carbocycles. The second-order valence-electron chi connectivity index (χ2n) is 5.32. The number of nitrogens with one attached hydrogen (secondary N) is 1. The largest absolute Gasteiger partial charge is 0.480 e. The SMILES string of the molecule is O=C(Nc1cnc2cccnn12)C1CCc2ccc(F)cc2O1. The summed E-state index contributed by atoms with van der Waals surface area (Å²) >= 11 is 0. The zero-order valence-electron chi connectivity index (χ0n) is 12.1. The van der Waals surface area contributed by atoms with E-state index in [2.05, 4.69) is 15.4 Å². The van der Waals surface area contributed by atoms with Crippen LogP contribution >= 0.6 is 0 Å². The lowest BCUT2D eigenvalue weighted by molar-refractivity contribution is -0.123. The molecule has 3 aromatic rings. The van der Waals surface area contributed by atoms with E-state index in [9.17, 15) is 9.18 Å². The Bertz CT molecular complexity index is 893. The Morgan fingerprint density at radius 1 is 1.39 bits per heavy atom. The molecule has 1 atom stereocenters. The molecule has 7 heteroatoms. The second-order valence-corrected chi connectivity index (χ2v) is 5.32.